The van der Waals surface area contributed by atoms with Gasteiger partial charge >= 0.3 is 0 Å². The molecule has 1 aliphatic rings. The first-order valence-electron chi connectivity index (χ1n) is 11.1. The molecule has 0 bridgehead atoms. The van der Waals surface area contributed by atoms with Gasteiger partial charge < -0.3 is 10.4 Å². The van der Waals surface area contributed by atoms with Crippen LogP contribution in [0.25, 0.3) is 0 Å². The molecule has 166 valence electrons. The zero-order valence-electron chi connectivity index (χ0n) is 18.6. The third-order valence-electron chi connectivity index (χ3n) is 6.04. The van der Waals surface area contributed by atoms with Gasteiger partial charge in [0.25, 0.3) is 0 Å². The minimum Gasteiger partial charge on any atom is -0.393 e. The molecular formula is C24H33N5O2. The van der Waals surface area contributed by atoms with E-state index in [2.05, 4.69) is 45.7 Å². The van der Waals surface area contributed by atoms with Crippen LogP contribution in [0, 0.1) is 25.2 Å². The van der Waals surface area contributed by atoms with Gasteiger partial charge in [-0.25, -0.2) is 0 Å². The Morgan fingerprint density at radius 3 is 2.58 bits per heavy atom. The number of aryl methyl sites for hydroxylation is 2. The zero-order valence-corrected chi connectivity index (χ0v) is 18.6. The third kappa shape index (κ3) is 6.65. The molecule has 0 spiro atoms. The predicted octanol–water partition coefficient (Wildman–Crippen LogP) is 2.62. The Labute approximate surface area is 184 Å². The Morgan fingerprint density at radius 1 is 1.23 bits per heavy atom. The van der Waals surface area contributed by atoms with Crippen molar-refractivity contribution >= 4 is 5.91 Å². The summed E-state index contributed by atoms with van der Waals surface area (Å²) in [6.07, 6.45) is 3.06. The van der Waals surface area contributed by atoms with E-state index in [0.29, 0.717) is 32.4 Å². The summed E-state index contributed by atoms with van der Waals surface area (Å²) < 4.78 is 1.86. The molecule has 31 heavy (non-hydrogen) atoms. The van der Waals surface area contributed by atoms with Gasteiger partial charge in [0.2, 0.25) is 5.91 Å². The van der Waals surface area contributed by atoms with E-state index in [9.17, 15) is 9.90 Å². The van der Waals surface area contributed by atoms with Crippen LogP contribution in [0.4, 0.5) is 0 Å². The van der Waals surface area contributed by atoms with Crippen molar-refractivity contribution in [3.05, 3.63) is 52.3 Å². The monoisotopic (exact) mass is 423 g/mol. The van der Waals surface area contributed by atoms with Gasteiger partial charge in [0.1, 0.15) is 0 Å². The van der Waals surface area contributed by atoms with Crippen molar-refractivity contribution in [2.75, 3.05) is 13.1 Å². The van der Waals surface area contributed by atoms with Crippen LogP contribution in [0.1, 0.15) is 53.8 Å². The third-order valence-corrected chi connectivity index (χ3v) is 6.04. The summed E-state index contributed by atoms with van der Waals surface area (Å²) in [5, 5.41) is 25.9. The lowest BCUT2D eigenvalue weighted by molar-refractivity contribution is -0.121. The molecule has 7 nitrogen and oxygen atoms in total. The zero-order chi connectivity index (χ0) is 22.2. The summed E-state index contributed by atoms with van der Waals surface area (Å²) in [7, 11) is 0. The van der Waals surface area contributed by atoms with Crippen LogP contribution in [0.5, 0.6) is 0 Å². The second-order valence-corrected chi connectivity index (χ2v) is 8.38. The number of carbonyl (C=O) groups is 1. The second kappa shape index (κ2) is 11.1. The van der Waals surface area contributed by atoms with Crippen molar-refractivity contribution in [1.82, 2.24) is 20.0 Å². The van der Waals surface area contributed by atoms with Crippen molar-refractivity contribution in [1.29, 1.82) is 5.26 Å². The van der Waals surface area contributed by atoms with Crippen molar-refractivity contribution < 1.29 is 9.90 Å². The van der Waals surface area contributed by atoms with E-state index in [-0.39, 0.29) is 12.0 Å². The lowest BCUT2D eigenvalue weighted by atomic mass is 10.1. The molecule has 2 N–H and O–H groups in total. The average Bonchev–Trinajstić information content (AvgIpc) is 3.04. The maximum Gasteiger partial charge on any atom is 0.220 e. The lowest BCUT2D eigenvalue weighted by Gasteiger charge is -2.29. The Balaban J connectivity index is 1.43. The van der Waals surface area contributed by atoms with Gasteiger partial charge in [-0.2, -0.15) is 10.4 Å². The Morgan fingerprint density at radius 2 is 1.90 bits per heavy atom. The maximum absolute atomic E-state index is 12.3. The van der Waals surface area contributed by atoms with Crippen molar-refractivity contribution in [2.45, 2.75) is 71.7 Å². The summed E-state index contributed by atoms with van der Waals surface area (Å²) in [5.41, 5.74) is 5.41. The van der Waals surface area contributed by atoms with E-state index in [1.54, 1.807) is 0 Å². The minimum absolute atomic E-state index is 0.0273. The molecule has 1 amide bonds. The van der Waals surface area contributed by atoms with Crippen LogP contribution in [0.15, 0.2) is 24.3 Å². The minimum atomic E-state index is -0.144. The molecule has 0 aliphatic carbocycles. The van der Waals surface area contributed by atoms with Crippen molar-refractivity contribution in [3.8, 4) is 6.07 Å². The standard InChI is InChI=1S/C24H33N5O2/c1-18-23(19(2)29(27-18)13-3-12-25)8-9-24(31)26-16-20-4-6-21(7-5-20)17-28-14-10-22(30)11-15-28/h4-7,22,30H,3,8-11,13-17H2,1-2H3,(H,26,31). The van der Waals surface area contributed by atoms with Gasteiger partial charge in [-0.15, -0.1) is 0 Å². The van der Waals surface area contributed by atoms with Gasteiger partial charge in [0.15, 0.2) is 0 Å². The molecule has 1 saturated heterocycles. The van der Waals surface area contributed by atoms with E-state index < -0.39 is 0 Å². The molecule has 0 atom stereocenters. The Kier molecular flexibility index (Phi) is 8.21. The molecule has 1 aromatic carbocycles. The largest absolute Gasteiger partial charge is 0.393 e. The number of benzene rings is 1. The Bertz CT molecular complexity index is 905. The number of rotatable bonds is 9. The van der Waals surface area contributed by atoms with E-state index >= 15 is 0 Å². The quantitative estimate of drug-likeness (QED) is 0.647. The van der Waals surface area contributed by atoms with Gasteiger partial charge in [-0.05, 0) is 49.8 Å². The van der Waals surface area contributed by atoms with Crippen LogP contribution in [-0.4, -0.2) is 44.9 Å². The highest BCUT2D eigenvalue weighted by atomic mass is 16.3. The average molecular weight is 424 g/mol. The predicted molar refractivity (Wildman–Crippen MR) is 119 cm³/mol. The number of nitrogens with zero attached hydrogens (tertiary/aromatic N) is 4. The molecule has 2 heterocycles. The van der Waals surface area contributed by atoms with Gasteiger partial charge in [-0.3, -0.25) is 14.4 Å². The highest BCUT2D eigenvalue weighted by molar-refractivity contribution is 5.76. The number of carbonyl (C=O) groups excluding carboxylic acids is 1. The molecular weight excluding hydrogens is 390 g/mol. The molecule has 1 fully saturated rings. The van der Waals surface area contributed by atoms with Gasteiger partial charge in [0, 0.05) is 38.3 Å². The molecule has 7 heteroatoms. The molecule has 1 aliphatic heterocycles. The number of hydrogen-bond donors (Lipinski definition) is 2. The van der Waals surface area contributed by atoms with Crippen molar-refractivity contribution in [3.63, 3.8) is 0 Å². The summed E-state index contributed by atoms with van der Waals surface area (Å²) in [6, 6.07) is 10.5. The highest BCUT2D eigenvalue weighted by Gasteiger charge is 2.17. The van der Waals surface area contributed by atoms with Crippen LogP contribution >= 0.6 is 0 Å². The fraction of sp³-hybridized carbons (Fsp3) is 0.542. The number of aliphatic hydroxyl groups is 1. The fourth-order valence-corrected chi connectivity index (χ4v) is 4.10. The number of piperidine rings is 1. The summed E-state index contributed by atoms with van der Waals surface area (Å²) in [6.45, 7) is 7.85. The van der Waals surface area contributed by atoms with Crippen LogP contribution < -0.4 is 5.32 Å². The maximum atomic E-state index is 12.3. The fourth-order valence-electron chi connectivity index (χ4n) is 4.10. The number of hydrogen-bond acceptors (Lipinski definition) is 5. The van der Waals surface area contributed by atoms with E-state index in [1.807, 2.05) is 18.5 Å². The van der Waals surface area contributed by atoms with E-state index in [1.165, 1.54) is 5.56 Å². The van der Waals surface area contributed by atoms with E-state index in [0.717, 1.165) is 55.0 Å². The smallest absolute Gasteiger partial charge is 0.220 e. The lowest BCUT2D eigenvalue weighted by Crippen LogP contribution is -2.35. The van der Waals surface area contributed by atoms with Gasteiger partial charge in [0.05, 0.1) is 30.8 Å². The number of likely N-dealkylation sites (tertiary alicyclic amines) is 1. The first kappa shape index (κ1) is 23.0. The number of amides is 1. The molecule has 2 aromatic rings. The molecule has 0 saturated carbocycles. The summed E-state index contributed by atoms with van der Waals surface area (Å²) in [4.78, 5) is 14.7. The first-order valence-corrected chi connectivity index (χ1v) is 11.1. The SMILES string of the molecule is Cc1nn(CCC#N)c(C)c1CCC(=O)NCc1ccc(CN2CCC(O)CC2)cc1. The number of nitriles is 1. The molecule has 1 aromatic heterocycles. The highest BCUT2D eigenvalue weighted by Crippen LogP contribution is 2.16. The summed E-state index contributed by atoms with van der Waals surface area (Å²) in [5.74, 6) is 0.0273. The molecule has 3 rings (SSSR count). The summed E-state index contributed by atoms with van der Waals surface area (Å²) >= 11 is 0. The van der Waals surface area contributed by atoms with Crippen LogP contribution in [-0.2, 0) is 30.8 Å². The second-order valence-electron chi connectivity index (χ2n) is 8.38. The first-order chi connectivity index (χ1) is 15.0. The topological polar surface area (TPSA) is 94.2 Å². The number of nitrogens with one attached hydrogen (secondary N) is 1. The van der Waals surface area contributed by atoms with Crippen LogP contribution in [0.2, 0.25) is 0 Å². The van der Waals surface area contributed by atoms with Crippen LogP contribution in [0.3, 0.4) is 0 Å². The Hall–Kier alpha value is -2.69. The molecule has 0 radical (unpaired) electrons. The van der Waals surface area contributed by atoms with E-state index in [4.69, 9.17) is 5.26 Å². The number of aliphatic hydroxyl groups excluding tert-OH is 1. The number of aromatic nitrogens is 2. The van der Waals surface area contributed by atoms with Crippen molar-refractivity contribution in [2.24, 2.45) is 0 Å². The molecule has 0 unspecified atom stereocenters. The normalized spacial score (nSPS) is 15.0. The van der Waals surface area contributed by atoms with Gasteiger partial charge in [-0.1, -0.05) is 24.3 Å².